The van der Waals surface area contributed by atoms with Crippen molar-refractivity contribution < 1.29 is 19.1 Å². The van der Waals surface area contributed by atoms with Gasteiger partial charge in [-0.05, 0) is 24.3 Å². The summed E-state index contributed by atoms with van der Waals surface area (Å²) in [6, 6.07) is 15.2. The fourth-order valence-electron chi connectivity index (χ4n) is 1.71. The first-order valence-corrected chi connectivity index (χ1v) is 6.62. The van der Waals surface area contributed by atoms with Crippen LogP contribution >= 0.6 is 0 Å². The highest BCUT2D eigenvalue weighted by Crippen LogP contribution is 2.25. The van der Waals surface area contributed by atoms with Gasteiger partial charge in [0, 0.05) is 5.69 Å². The molecule has 0 atom stereocenters. The summed E-state index contributed by atoms with van der Waals surface area (Å²) in [6.45, 7) is -0.253. The molecule has 6 nitrogen and oxygen atoms in total. The van der Waals surface area contributed by atoms with Crippen molar-refractivity contribution in [3.05, 3.63) is 54.6 Å². The molecule has 0 aliphatic carbocycles. The molecule has 0 saturated heterocycles. The smallest absolute Gasteiger partial charge is 0.331 e. The van der Waals surface area contributed by atoms with Gasteiger partial charge in [-0.3, -0.25) is 0 Å². The zero-order valence-corrected chi connectivity index (χ0v) is 12.0. The SMILES string of the molecule is COc1ccccc1OC(=O)CNC(=O)Nc1ccccc1. The molecule has 0 fully saturated rings. The van der Waals surface area contributed by atoms with E-state index in [1.165, 1.54) is 7.11 Å². The van der Waals surface area contributed by atoms with Gasteiger partial charge in [-0.2, -0.15) is 0 Å². The van der Waals surface area contributed by atoms with Crippen LogP contribution in [0, 0.1) is 0 Å². The van der Waals surface area contributed by atoms with Crippen molar-refractivity contribution in [3.8, 4) is 11.5 Å². The molecular formula is C16H16N2O4. The van der Waals surface area contributed by atoms with E-state index in [1.807, 2.05) is 6.07 Å². The van der Waals surface area contributed by atoms with Crippen LogP contribution in [0.3, 0.4) is 0 Å². The largest absolute Gasteiger partial charge is 0.493 e. The maximum Gasteiger partial charge on any atom is 0.331 e. The molecule has 0 spiro atoms. The van der Waals surface area contributed by atoms with Gasteiger partial charge in [-0.25, -0.2) is 9.59 Å². The molecule has 6 heteroatoms. The summed E-state index contributed by atoms with van der Waals surface area (Å²) in [5.41, 5.74) is 0.637. The third-order valence-electron chi connectivity index (χ3n) is 2.72. The Morgan fingerprint density at radius 1 is 0.955 bits per heavy atom. The Morgan fingerprint density at radius 3 is 2.27 bits per heavy atom. The predicted octanol–water partition coefficient (Wildman–Crippen LogP) is 2.42. The molecule has 0 aliphatic rings. The highest BCUT2D eigenvalue weighted by molar-refractivity contribution is 5.91. The highest BCUT2D eigenvalue weighted by atomic mass is 16.6. The molecule has 2 rings (SSSR count). The van der Waals surface area contributed by atoms with Crippen LogP contribution in [-0.4, -0.2) is 25.7 Å². The predicted molar refractivity (Wildman–Crippen MR) is 82.1 cm³/mol. The number of para-hydroxylation sites is 3. The zero-order valence-electron chi connectivity index (χ0n) is 12.0. The number of benzene rings is 2. The summed E-state index contributed by atoms with van der Waals surface area (Å²) in [6.07, 6.45) is 0. The van der Waals surface area contributed by atoms with Crippen LogP contribution in [0.4, 0.5) is 10.5 Å². The second-order valence-corrected chi connectivity index (χ2v) is 4.30. The number of hydrogen-bond donors (Lipinski definition) is 2. The maximum absolute atomic E-state index is 11.7. The number of hydrogen-bond acceptors (Lipinski definition) is 4. The van der Waals surface area contributed by atoms with Crippen molar-refractivity contribution in [2.45, 2.75) is 0 Å². The first-order valence-electron chi connectivity index (χ1n) is 6.62. The minimum absolute atomic E-state index is 0.253. The van der Waals surface area contributed by atoms with E-state index >= 15 is 0 Å². The number of nitrogens with one attached hydrogen (secondary N) is 2. The summed E-state index contributed by atoms with van der Waals surface area (Å²) < 4.78 is 10.2. The van der Waals surface area contributed by atoms with Gasteiger partial charge in [0.2, 0.25) is 0 Å². The number of amides is 2. The highest BCUT2D eigenvalue weighted by Gasteiger charge is 2.10. The second kappa shape index (κ2) is 7.68. The summed E-state index contributed by atoms with van der Waals surface area (Å²) in [5.74, 6) is 0.164. The van der Waals surface area contributed by atoms with Crippen LogP contribution in [0.5, 0.6) is 11.5 Å². The Bertz CT molecular complexity index is 644. The van der Waals surface area contributed by atoms with E-state index in [0.717, 1.165) is 0 Å². The summed E-state index contributed by atoms with van der Waals surface area (Å²) in [7, 11) is 1.48. The van der Waals surface area contributed by atoms with E-state index in [4.69, 9.17) is 9.47 Å². The number of methoxy groups -OCH3 is 1. The van der Waals surface area contributed by atoms with E-state index in [2.05, 4.69) is 10.6 Å². The third kappa shape index (κ3) is 4.52. The van der Waals surface area contributed by atoms with Gasteiger partial charge < -0.3 is 20.1 Å². The van der Waals surface area contributed by atoms with Crippen LogP contribution < -0.4 is 20.1 Å². The molecule has 0 heterocycles. The number of esters is 1. The van der Waals surface area contributed by atoms with Gasteiger partial charge in [0.25, 0.3) is 0 Å². The standard InChI is InChI=1S/C16H16N2O4/c1-21-13-9-5-6-10-14(13)22-15(19)11-17-16(20)18-12-7-3-2-4-8-12/h2-10H,11H2,1H3,(H2,17,18,20). The number of carbonyl (C=O) groups excluding carboxylic acids is 2. The topological polar surface area (TPSA) is 76.7 Å². The Labute approximate surface area is 128 Å². The number of carbonyl (C=O) groups is 2. The normalized spacial score (nSPS) is 9.68. The molecule has 2 aromatic rings. The lowest BCUT2D eigenvalue weighted by Crippen LogP contribution is -2.35. The van der Waals surface area contributed by atoms with Gasteiger partial charge in [0.1, 0.15) is 6.54 Å². The fourth-order valence-corrected chi connectivity index (χ4v) is 1.71. The molecule has 114 valence electrons. The molecule has 0 aliphatic heterocycles. The average Bonchev–Trinajstić information content (AvgIpc) is 2.54. The Morgan fingerprint density at radius 2 is 1.59 bits per heavy atom. The van der Waals surface area contributed by atoms with Crippen molar-refractivity contribution in [2.75, 3.05) is 19.0 Å². The molecule has 2 aromatic carbocycles. The molecule has 22 heavy (non-hydrogen) atoms. The average molecular weight is 300 g/mol. The molecule has 0 unspecified atom stereocenters. The quantitative estimate of drug-likeness (QED) is 0.657. The van der Waals surface area contributed by atoms with Gasteiger partial charge in [0.15, 0.2) is 11.5 Å². The second-order valence-electron chi connectivity index (χ2n) is 4.30. The Balaban J connectivity index is 1.81. The molecule has 2 N–H and O–H groups in total. The van der Waals surface area contributed by atoms with Gasteiger partial charge in [0.05, 0.1) is 7.11 Å². The monoisotopic (exact) mass is 300 g/mol. The molecule has 0 saturated carbocycles. The minimum Gasteiger partial charge on any atom is -0.493 e. The fraction of sp³-hybridized carbons (Fsp3) is 0.125. The number of urea groups is 1. The number of rotatable bonds is 5. The first kappa shape index (κ1) is 15.4. The number of anilines is 1. The van der Waals surface area contributed by atoms with E-state index in [1.54, 1.807) is 48.5 Å². The zero-order chi connectivity index (χ0) is 15.8. The van der Waals surface area contributed by atoms with Gasteiger partial charge in [-0.1, -0.05) is 30.3 Å². The van der Waals surface area contributed by atoms with E-state index in [0.29, 0.717) is 17.2 Å². The molecule has 0 radical (unpaired) electrons. The summed E-state index contributed by atoms with van der Waals surface area (Å²) in [5, 5.41) is 5.02. The molecule has 0 bridgehead atoms. The van der Waals surface area contributed by atoms with Crippen LogP contribution in [-0.2, 0) is 4.79 Å². The first-order chi connectivity index (χ1) is 10.7. The van der Waals surface area contributed by atoms with E-state index in [9.17, 15) is 9.59 Å². The van der Waals surface area contributed by atoms with Crippen molar-refractivity contribution >= 4 is 17.7 Å². The van der Waals surface area contributed by atoms with Gasteiger partial charge >= 0.3 is 12.0 Å². The van der Waals surface area contributed by atoms with Crippen LogP contribution in [0.1, 0.15) is 0 Å². The summed E-state index contributed by atoms with van der Waals surface area (Å²) in [4.78, 5) is 23.4. The van der Waals surface area contributed by atoms with Crippen LogP contribution in [0.2, 0.25) is 0 Å². The van der Waals surface area contributed by atoms with Crippen molar-refractivity contribution in [1.82, 2.24) is 5.32 Å². The van der Waals surface area contributed by atoms with Gasteiger partial charge in [-0.15, -0.1) is 0 Å². The molecule has 2 amide bonds. The van der Waals surface area contributed by atoms with Crippen LogP contribution in [0.15, 0.2) is 54.6 Å². The van der Waals surface area contributed by atoms with E-state index in [-0.39, 0.29) is 6.54 Å². The minimum atomic E-state index is -0.590. The Kier molecular flexibility index (Phi) is 5.37. The van der Waals surface area contributed by atoms with E-state index < -0.39 is 12.0 Å². The van der Waals surface area contributed by atoms with Crippen molar-refractivity contribution in [3.63, 3.8) is 0 Å². The van der Waals surface area contributed by atoms with Crippen LogP contribution in [0.25, 0.3) is 0 Å². The Hall–Kier alpha value is -3.02. The lowest BCUT2D eigenvalue weighted by molar-refractivity contribution is -0.133. The van der Waals surface area contributed by atoms with Crippen molar-refractivity contribution in [1.29, 1.82) is 0 Å². The molecular weight excluding hydrogens is 284 g/mol. The third-order valence-corrected chi connectivity index (χ3v) is 2.72. The van der Waals surface area contributed by atoms with Crippen molar-refractivity contribution in [2.24, 2.45) is 0 Å². The molecule has 0 aromatic heterocycles. The lowest BCUT2D eigenvalue weighted by atomic mass is 10.3. The maximum atomic E-state index is 11.7. The lowest BCUT2D eigenvalue weighted by Gasteiger charge is -2.10. The summed E-state index contributed by atoms with van der Waals surface area (Å²) >= 11 is 0. The number of ether oxygens (including phenoxy) is 2.